The van der Waals surface area contributed by atoms with Crippen molar-refractivity contribution in [2.75, 3.05) is 32.9 Å². The van der Waals surface area contributed by atoms with E-state index in [1.165, 1.54) is 0 Å². The zero-order chi connectivity index (χ0) is 13.6. The minimum Gasteiger partial charge on any atom is -0.396 e. The van der Waals surface area contributed by atoms with Gasteiger partial charge < -0.3 is 20.1 Å². The Hall–Kier alpha value is -0.650. The average Bonchev–Trinajstić information content (AvgIpc) is 2.39. The number of morpholine rings is 1. The molecule has 0 aromatic rings. The highest BCUT2D eigenvalue weighted by molar-refractivity contribution is 5.81. The largest absolute Gasteiger partial charge is 0.396 e. The second-order valence-electron chi connectivity index (χ2n) is 5.19. The molecule has 0 radical (unpaired) electrons. The number of hydrogen-bond acceptors (Lipinski definition) is 4. The third-order valence-electron chi connectivity index (χ3n) is 3.70. The molecular formula is C13H26N2O3. The number of amides is 1. The summed E-state index contributed by atoms with van der Waals surface area (Å²) in [5.41, 5.74) is -0.184. The van der Waals surface area contributed by atoms with E-state index in [4.69, 9.17) is 9.84 Å². The van der Waals surface area contributed by atoms with Crippen molar-refractivity contribution in [1.29, 1.82) is 0 Å². The lowest BCUT2D eigenvalue weighted by Crippen LogP contribution is -2.55. The summed E-state index contributed by atoms with van der Waals surface area (Å²) in [5.74, 6) is 0.121. The third kappa shape index (κ3) is 4.23. The zero-order valence-corrected chi connectivity index (χ0v) is 11.7. The van der Waals surface area contributed by atoms with Crippen LogP contribution in [0.2, 0.25) is 0 Å². The van der Waals surface area contributed by atoms with Crippen LogP contribution in [0, 0.1) is 0 Å². The van der Waals surface area contributed by atoms with Crippen LogP contribution < -0.4 is 5.32 Å². The van der Waals surface area contributed by atoms with E-state index in [2.05, 4.69) is 12.2 Å². The smallest absolute Gasteiger partial charge is 0.239 e. The van der Waals surface area contributed by atoms with Gasteiger partial charge in [-0.05, 0) is 26.7 Å². The quantitative estimate of drug-likeness (QED) is 0.723. The maximum atomic E-state index is 12.2. The molecule has 0 aromatic heterocycles. The Balaban J connectivity index is 2.51. The van der Waals surface area contributed by atoms with Gasteiger partial charge in [0.1, 0.15) is 0 Å². The van der Waals surface area contributed by atoms with Crippen LogP contribution in [0.4, 0.5) is 0 Å². The Labute approximate surface area is 109 Å². The van der Waals surface area contributed by atoms with Crippen LogP contribution in [0.1, 0.15) is 33.6 Å². The number of rotatable bonds is 6. The van der Waals surface area contributed by atoms with Gasteiger partial charge in [-0.25, -0.2) is 0 Å². The minimum atomic E-state index is -0.223. The summed E-state index contributed by atoms with van der Waals surface area (Å²) >= 11 is 0. The van der Waals surface area contributed by atoms with Gasteiger partial charge in [-0.3, -0.25) is 4.79 Å². The number of ether oxygens (including phenoxy) is 1. The van der Waals surface area contributed by atoms with E-state index in [0.29, 0.717) is 32.7 Å². The minimum absolute atomic E-state index is 0.121. The van der Waals surface area contributed by atoms with Gasteiger partial charge in [0.2, 0.25) is 5.91 Å². The second-order valence-corrected chi connectivity index (χ2v) is 5.19. The molecule has 1 aliphatic rings. The second kappa shape index (κ2) is 7.07. The first-order valence-electron chi connectivity index (χ1n) is 6.77. The first kappa shape index (κ1) is 15.4. The molecule has 1 rings (SSSR count). The predicted octanol–water partition coefficient (Wildman–Crippen LogP) is 0.374. The number of hydrogen-bond donors (Lipinski definition) is 2. The van der Waals surface area contributed by atoms with Crippen LogP contribution in [-0.2, 0) is 9.53 Å². The number of aliphatic hydroxyl groups is 1. The van der Waals surface area contributed by atoms with Crippen LogP contribution in [0.3, 0.4) is 0 Å². The average molecular weight is 258 g/mol. The summed E-state index contributed by atoms with van der Waals surface area (Å²) in [6, 6.07) is -0.223. The van der Waals surface area contributed by atoms with Crippen molar-refractivity contribution in [3.8, 4) is 0 Å². The number of nitrogens with one attached hydrogen (secondary N) is 1. The van der Waals surface area contributed by atoms with E-state index in [-0.39, 0.29) is 24.1 Å². The van der Waals surface area contributed by atoms with E-state index < -0.39 is 0 Å². The van der Waals surface area contributed by atoms with Crippen LogP contribution in [0.25, 0.3) is 0 Å². The fraction of sp³-hybridized carbons (Fsp3) is 0.923. The Morgan fingerprint density at radius 3 is 2.61 bits per heavy atom. The number of nitrogens with zero attached hydrogens (tertiary/aromatic N) is 1. The van der Waals surface area contributed by atoms with Gasteiger partial charge >= 0.3 is 0 Å². The molecule has 5 nitrogen and oxygen atoms in total. The monoisotopic (exact) mass is 258 g/mol. The molecule has 0 aromatic carbocycles. The highest BCUT2D eigenvalue weighted by Crippen LogP contribution is 2.15. The lowest BCUT2D eigenvalue weighted by molar-refractivity contribution is -0.137. The predicted molar refractivity (Wildman–Crippen MR) is 70.4 cm³/mol. The van der Waals surface area contributed by atoms with Crippen LogP contribution in [-0.4, -0.2) is 60.4 Å². The Kier molecular flexibility index (Phi) is 6.05. The molecule has 0 spiro atoms. The molecular weight excluding hydrogens is 232 g/mol. The molecule has 2 unspecified atom stereocenters. The molecule has 2 N–H and O–H groups in total. The summed E-state index contributed by atoms with van der Waals surface area (Å²) in [4.78, 5) is 14.1. The van der Waals surface area contributed by atoms with Crippen molar-refractivity contribution in [3.05, 3.63) is 0 Å². The van der Waals surface area contributed by atoms with Gasteiger partial charge in [-0.1, -0.05) is 6.92 Å². The van der Waals surface area contributed by atoms with E-state index in [9.17, 15) is 4.79 Å². The number of aliphatic hydroxyl groups excluding tert-OH is 1. The number of carbonyl (C=O) groups is 1. The summed E-state index contributed by atoms with van der Waals surface area (Å²) in [7, 11) is 0. The summed E-state index contributed by atoms with van der Waals surface area (Å²) in [5, 5.41) is 12.4. The molecule has 1 amide bonds. The van der Waals surface area contributed by atoms with Crippen molar-refractivity contribution in [1.82, 2.24) is 10.2 Å². The van der Waals surface area contributed by atoms with Crippen molar-refractivity contribution < 1.29 is 14.6 Å². The van der Waals surface area contributed by atoms with Crippen molar-refractivity contribution in [3.63, 3.8) is 0 Å². The highest BCUT2D eigenvalue weighted by atomic mass is 16.5. The fourth-order valence-electron chi connectivity index (χ4n) is 2.24. The van der Waals surface area contributed by atoms with E-state index in [1.807, 2.05) is 18.7 Å². The first-order valence-corrected chi connectivity index (χ1v) is 6.77. The molecule has 18 heavy (non-hydrogen) atoms. The van der Waals surface area contributed by atoms with Gasteiger partial charge in [-0.2, -0.15) is 0 Å². The van der Waals surface area contributed by atoms with Crippen molar-refractivity contribution >= 4 is 5.91 Å². The Bertz CT molecular complexity index is 267. The lowest BCUT2D eigenvalue weighted by Gasteiger charge is -2.35. The van der Waals surface area contributed by atoms with Crippen LogP contribution in [0.15, 0.2) is 0 Å². The summed E-state index contributed by atoms with van der Waals surface area (Å²) < 4.78 is 5.24. The normalized spacial score (nSPS) is 21.4. The molecule has 106 valence electrons. The van der Waals surface area contributed by atoms with Crippen molar-refractivity contribution in [2.24, 2.45) is 0 Å². The first-order chi connectivity index (χ1) is 8.52. The Morgan fingerprint density at radius 1 is 1.50 bits per heavy atom. The van der Waals surface area contributed by atoms with E-state index >= 15 is 0 Å². The van der Waals surface area contributed by atoms with Gasteiger partial charge in [0.25, 0.3) is 0 Å². The summed E-state index contributed by atoms with van der Waals surface area (Å²) in [6.07, 6.45) is 1.54. The van der Waals surface area contributed by atoms with Crippen LogP contribution >= 0.6 is 0 Å². The molecule has 5 heteroatoms. The highest BCUT2D eigenvalue weighted by Gasteiger charge is 2.29. The van der Waals surface area contributed by atoms with Gasteiger partial charge in [-0.15, -0.1) is 0 Å². The standard InChI is InChI=1S/C13H26N2O3/c1-4-13(3,5-8-16)14-11(2)12(17)15-6-9-18-10-7-15/h11,14,16H,4-10H2,1-3H3. The van der Waals surface area contributed by atoms with Crippen LogP contribution in [0.5, 0.6) is 0 Å². The molecule has 0 saturated carbocycles. The maximum Gasteiger partial charge on any atom is 0.239 e. The molecule has 1 saturated heterocycles. The molecule has 0 aliphatic carbocycles. The zero-order valence-electron chi connectivity index (χ0n) is 11.7. The topological polar surface area (TPSA) is 61.8 Å². The molecule has 0 bridgehead atoms. The van der Waals surface area contributed by atoms with Gasteiger partial charge in [0, 0.05) is 25.2 Å². The van der Waals surface area contributed by atoms with Gasteiger partial charge in [0.05, 0.1) is 19.3 Å². The number of carbonyl (C=O) groups excluding carboxylic acids is 1. The molecule has 1 fully saturated rings. The van der Waals surface area contributed by atoms with E-state index in [0.717, 1.165) is 6.42 Å². The van der Waals surface area contributed by atoms with E-state index in [1.54, 1.807) is 0 Å². The maximum absolute atomic E-state index is 12.2. The molecule has 2 atom stereocenters. The lowest BCUT2D eigenvalue weighted by atomic mass is 9.93. The fourth-order valence-corrected chi connectivity index (χ4v) is 2.24. The summed E-state index contributed by atoms with van der Waals surface area (Å²) in [6.45, 7) is 8.74. The SMILES string of the molecule is CCC(C)(CCO)NC(C)C(=O)N1CCOCC1. The Morgan fingerprint density at radius 2 is 2.11 bits per heavy atom. The van der Waals surface area contributed by atoms with Gasteiger partial charge in [0.15, 0.2) is 0 Å². The molecule has 1 heterocycles. The molecule has 1 aliphatic heterocycles. The third-order valence-corrected chi connectivity index (χ3v) is 3.70. The van der Waals surface area contributed by atoms with Crippen molar-refractivity contribution in [2.45, 2.75) is 45.2 Å².